The molecule has 37 heavy (non-hydrogen) atoms. The van der Waals surface area contributed by atoms with Crippen LogP contribution in [0, 0.1) is 0 Å². The number of ketones is 1. The molecular weight excluding hydrogens is 494 g/mol. The molecule has 1 heterocycles. The highest BCUT2D eigenvalue weighted by molar-refractivity contribution is 7.89. The molecule has 0 saturated carbocycles. The van der Waals surface area contributed by atoms with Crippen LogP contribution in [0.15, 0.2) is 65.7 Å². The van der Waals surface area contributed by atoms with Gasteiger partial charge in [-0.1, -0.05) is 19.9 Å². The quantitative estimate of drug-likeness (QED) is 0.307. The van der Waals surface area contributed by atoms with Gasteiger partial charge in [-0.15, -0.1) is 0 Å². The van der Waals surface area contributed by atoms with Gasteiger partial charge in [0.05, 0.1) is 32.8 Å². The average Bonchev–Trinajstić information content (AvgIpc) is 2.93. The molecule has 3 rings (SSSR count). The van der Waals surface area contributed by atoms with E-state index in [1.165, 1.54) is 23.5 Å². The molecule has 3 aromatic rings. The molecule has 198 valence electrons. The molecule has 2 aromatic carbocycles. The van der Waals surface area contributed by atoms with Crippen molar-refractivity contribution in [2.75, 3.05) is 45.9 Å². The summed E-state index contributed by atoms with van der Waals surface area (Å²) < 4.78 is 43.3. The third-order valence-electron chi connectivity index (χ3n) is 5.93. The first kappa shape index (κ1) is 27.9. The van der Waals surface area contributed by atoms with Gasteiger partial charge in [-0.3, -0.25) is 4.79 Å². The molecule has 0 N–H and O–H groups in total. The van der Waals surface area contributed by atoms with Crippen molar-refractivity contribution in [2.45, 2.75) is 25.3 Å². The van der Waals surface area contributed by atoms with E-state index in [1.54, 1.807) is 52.5 Å². The van der Waals surface area contributed by atoms with Crippen LogP contribution in [0.5, 0.6) is 17.2 Å². The van der Waals surface area contributed by atoms with E-state index in [9.17, 15) is 13.2 Å². The summed E-state index contributed by atoms with van der Waals surface area (Å²) in [4.78, 5) is 19.7. The lowest BCUT2D eigenvalue weighted by atomic mass is 10.1. The van der Waals surface area contributed by atoms with Crippen molar-refractivity contribution in [1.29, 1.82) is 0 Å². The predicted octanol–water partition coefficient (Wildman–Crippen LogP) is 4.03. The Morgan fingerprint density at radius 1 is 0.892 bits per heavy atom. The highest BCUT2D eigenvalue weighted by Crippen LogP contribution is 2.38. The zero-order chi connectivity index (χ0) is 27.0. The maximum Gasteiger partial charge on any atom is 0.243 e. The second-order valence-electron chi connectivity index (χ2n) is 8.11. The molecule has 0 amide bonds. The van der Waals surface area contributed by atoms with E-state index in [-0.39, 0.29) is 17.2 Å². The molecule has 10 heteroatoms. The van der Waals surface area contributed by atoms with Gasteiger partial charge in [-0.25, -0.2) is 13.4 Å². The normalized spacial score (nSPS) is 11.3. The van der Waals surface area contributed by atoms with E-state index < -0.39 is 10.0 Å². The lowest BCUT2D eigenvalue weighted by Gasteiger charge is -2.24. The molecule has 0 radical (unpaired) electrons. The van der Waals surface area contributed by atoms with E-state index in [4.69, 9.17) is 14.2 Å². The van der Waals surface area contributed by atoms with Crippen molar-refractivity contribution >= 4 is 21.6 Å². The van der Waals surface area contributed by atoms with Gasteiger partial charge in [0.1, 0.15) is 5.82 Å². The maximum atomic E-state index is 13.3. The van der Waals surface area contributed by atoms with Crippen LogP contribution in [0.2, 0.25) is 0 Å². The smallest absolute Gasteiger partial charge is 0.243 e. The van der Waals surface area contributed by atoms with Gasteiger partial charge in [0.15, 0.2) is 17.3 Å². The molecular formula is C27H33N3O6S. The SMILES string of the molecule is CCN(CC)S(=O)(=O)c1ccc(C(=O)CN(Cc2cc(OC)c(OC)c(OC)c2)c2ccccn2)cc1. The first-order valence-corrected chi connectivity index (χ1v) is 13.3. The minimum absolute atomic E-state index is 0.0236. The van der Waals surface area contributed by atoms with E-state index in [2.05, 4.69) is 4.98 Å². The van der Waals surface area contributed by atoms with Gasteiger partial charge < -0.3 is 19.1 Å². The van der Waals surface area contributed by atoms with Gasteiger partial charge >= 0.3 is 0 Å². The molecule has 0 bridgehead atoms. The molecule has 0 aliphatic carbocycles. The largest absolute Gasteiger partial charge is 0.493 e. The summed E-state index contributed by atoms with van der Waals surface area (Å²) >= 11 is 0. The van der Waals surface area contributed by atoms with Crippen molar-refractivity contribution in [3.05, 3.63) is 71.9 Å². The van der Waals surface area contributed by atoms with Crippen LogP contribution in [0.25, 0.3) is 0 Å². The Bertz CT molecular complexity index is 1270. The lowest BCUT2D eigenvalue weighted by Crippen LogP contribution is -2.31. The summed E-state index contributed by atoms with van der Waals surface area (Å²) in [5, 5.41) is 0. The summed E-state index contributed by atoms with van der Waals surface area (Å²) in [5.74, 6) is 1.94. The number of hydrogen-bond acceptors (Lipinski definition) is 8. The Hall–Kier alpha value is -3.63. The van der Waals surface area contributed by atoms with E-state index in [0.29, 0.717) is 48.3 Å². The molecule has 0 aliphatic heterocycles. The number of carbonyl (C=O) groups is 1. The lowest BCUT2D eigenvalue weighted by molar-refractivity contribution is 0.0998. The number of methoxy groups -OCH3 is 3. The van der Waals surface area contributed by atoms with Gasteiger partial charge in [-0.2, -0.15) is 4.31 Å². The van der Waals surface area contributed by atoms with Crippen molar-refractivity contribution < 1.29 is 27.4 Å². The number of benzene rings is 2. The first-order chi connectivity index (χ1) is 17.8. The number of pyridine rings is 1. The van der Waals surface area contributed by atoms with Crippen LogP contribution in [-0.4, -0.2) is 64.5 Å². The zero-order valence-corrected chi connectivity index (χ0v) is 22.6. The Labute approximate surface area is 218 Å². The molecule has 0 unspecified atom stereocenters. The third kappa shape index (κ3) is 6.39. The van der Waals surface area contributed by atoms with Gasteiger partial charge in [0, 0.05) is 31.4 Å². The topological polar surface area (TPSA) is 98.3 Å². The second-order valence-corrected chi connectivity index (χ2v) is 10.1. The minimum Gasteiger partial charge on any atom is -0.493 e. The fraction of sp³-hybridized carbons (Fsp3) is 0.333. The highest BCUT2D eigenvalue weighted by Gasteiger charge is 2.23. The minimum atomic E-state index is -3.60. The summed E-state index contributed by atoms with van der Waals surface area (Å²) in [6.07, 6.45) is 1.66. The Kier molecular flexibility index (Phi) is 9.48. The summed E-state index contributed by atoms with van der Waals surface area (Å²) in [5.41, 5.74) is 1.23. The van der Waals surface area contributed by atoms with E-state index >= 15 is 0 Å². The number of anilines is 1. The number of rotatable bonds is 13. The zero-order valence-electron chi connectivity index (χ0n) is 21.8. The average molecular weight is 528 g/mol. The number of nitrogens with zero attached hydrogens (tertiary/aromatic N) is 3. The molecule has 0 saturated heterocycles. The van der Waals surface area contributed by atoms with Crippen LogP contribution in [-0.2, 0) is 16.6 Å². The van der Waals surface area contributed by atoms with Crippen LogP contribution in [0.4, 0.5) is 5.82 Å². The van der Waals surface area contributed by atoms with Crippen molar-refractivity contribution in [3.63, 3.8) is 0 Å². The number of aromatic nitrogens is 1. The molecule has 0 fully saturated rings. The highest BCUT2D eigenvalue weighted by atomic mass is 32.2. The predicted molar refractivity (Wildman–Crippen MR) is 142 cm³/mol. The Morgan fingerprint density at radius 2 is 1.51 bits per heavy atom. The summed E-state index contributed by atoms with van der Waals surface area (Å²) in [7, 11) is 1.03. The fourth-order valence-electron chi connectivity index (χ4n) is 4.00. The van der Waals surface area contributed by atoms with Crippen molar-refractivity contribution in [3.8, 4) is 17.2 Å². The number of Topliss-reactive ketones (excluding diaryl/α,β-unsaturated/α-hetero) is 1. The molecule has 0 aliphatic rings. The van der Waals surface area contributed by atoms with Crippen LogP contribution in [0.3, 0.4) is 0 Å². The van der Waals surface area contributed by atoms with Crippen LogP contribution in [0.1, 0.15) is 29.8 Å². The fourth-order valence-corrected chi connectivity index (χ4v) is 5.45. The summed E-state index contributed by atoms with van der Waals surface area (Å²) in [6.45, 7) is 4.70. The number of carbonyl (C=O) groups excluding carboxylic acids is 1. The molecule has 0 spiro atoms. The second kappa shape index (κ2) is 12.6. The molecule has 0 atom stereocenters. The van der Waals surface area contributed by atoms with Crippen LogP contribution >= 0.6 is 0 Å². The molecule has 1 aromatic heterocycles. The first-order valence-electron chi connectivity index (χ1n) is 11.9. The summed E-state index contributed by atoms with van der Waals surface area (Å²) in [6, 6.07) is 15.2. The monoisotopic (exact) mass is 527 g/mol. The maximum absolute atomic E-state index is 13.3. The molecule has 9 nitrogen and oxygen atoms in total. The van der Waals surface area contributed by atoms with Gasteiger partial charge in [0.2, 0.25) is 15.8 Å². The van der Waals surface area contributed by atoms with E-state index in [0.717, 1.165) is 5.56 Å². The third-order valence-corrected chi connectivity index (χ3v) is 7.99. The van der Waals surface area contributed by atoms with Crippen molar-refractivity contribution in [1.82, 2.24) is 9.29 Å². The number of sulfonamides is 1. The van der Waals surface area contributed by atoms with Crippen LogP contribution < -0.4 is 19.1 Å². The van der Waals surface area contributed by atoms with Gasteiger partial charge in [0.25, 0.3) is 0 Å². The Balaban J connectivity index is 1.89. The van der Waals surface area contributed by atoms with Gasteiger partial charge in [-0.05, 0) is 54.1 Å². The van der Waals surface area contributed by atoms with Crippen molar-refractivity contribution in [2.24, 2.45) is 0 Å². The standard InChI is InChI=1S/C27H33N3O6S/c1-6-30(7-2)37(32,33)22-13-11-21(12-14-22)23(31)19-29(26-10-8-9-15-28-26)18-20-16-24(34-3)27(36-5)25(17-20)35-4/h8-17H,6-7,18-19H2,1-5H3. The van der Waals surface area contributed by atoms with E-state index in [1.807, 2.05) is 29.2 Å². The number of hydrogen-bond donors (Lipinski definition) is 0. The number of ether oxygens (including phenoxy) is 3. The Morgan fingerprint density at radius 3 is 2.00 bits per heavy atom.